The van der Waals surface area contributed by atoms with E-state index < -0.39 is 0 Å². The third kappa shape index (κ3) is 1.82. The molecule has 2 heteroatoms. The van der Waals surface area contributed by atoms with Crippen LogP contribution in [0.25, 0.3) is 0 Å². The number of esters is 1. The van der Waals surface area contributed by atoms with E-state index in [-0.39, 0.29) is 12.1 Å². The van der Waals surface area contributed by atoms with Crippen LogP contribution in [0, 0.1) is 0 Å². The molecule has 0 fully saturated rings. The number of ether oxygens (including phenoxy) is 1. The van der Waals surface area contributed by atoms with Gasteiger partial charge in [0.2, 0.25) is 0 Å². The van der Waals surface area contributed by atoms with Crippen molar-refractivity contribution in [1.82, 2.24) is 0 Å². The van der Waals surface area contributed by atoms with Crippen LogP contribution in [0.4, 0.5) is 0 Å². The smallest absolute Gasteiger partial charge is 0.338 e. The van der Waals surface area contributed by atoms with E-state index in [1.807, 2.05) is 36.4 Å². The van der Waals surface area contributed by atoms with Crippen molar-refractivity contribution in [2.45, 2.75) is 12.5 Å². The first-order valence-electron chi connectivity index (χ1n) is 5.68. The molecule has 0 saturated heterocycles. The minimum atomic E-state index is -0.245. The molecule has 17 heavy (non-hydrogen) atoms. The minimum absolute atomic E-state index is 0.0705. The highest BCUT2D eigenvalue weighted by molar-refractivity contribution is 5.89. The Kier molecular flexibility index (Phi) is 2.41. The molecule has 3 rings (SSSR count). The molecule has 1 aliphatic carbocycles. The highest BCUT2D eigenvalue weighted by Gasteiger charge is 2.29. The highest BCUT2D eigenvalue weighted by atomic mass is 16.5. The van der Waals surface area contributed by atoms with E-state index in [4.69, 9.17) is 4.74 Å². The standard InChI is InChI=1S/C15H12O2/c16-15(11-6-2-1-3-7-11)17-14-10-12-8-4-5-9-13(12)14/h1-9,14H,10H2. The second kappa shape index (κ2) is 4.06. The Morgan fingerprint density at radius 2 is 1.71 bits per heavy atom. The van der Waals surface area contributed by atoms with E-state index in [0.29, 0.717) is 5.56 Å². The third-order valence-electron chi connectivity index (χ3n) is 3.07. The van der Waals surface area contributed by atoms with Crippen molar-refractivity contribution in [3.8, 4) is 0 Å². The van der Waals surface area contributed by atoms with E-state index in [1.54, 1.807) is 12.1 Å². The lowest BCUT2D eigenvalue weighted by atomic mass is 9.85. The summed E-state index contributed by atoms with van der Waals surface area (Å²) < 4.78 is 5.46. The molecule has 0 heterocycles. The molecule has 84 valence electrons. The van der Waals surface area contributed by atoms with Gasteiger partial charge >= 0.3 is 5.97 Å². The predicted octanol–water partition coefficient (Wildman–Crippen LogP) is 3.14. The average Bonchev–Trinajstić information content (AvgIpc) is 2.37. The van der Waals surface area contributed by atoms with Crippen LogP contribution in [0.5, 0.6) is 0 Å². The SMILES string of the molecule is O=C(OC1Cc2ccccc21)c1ccccc1. The van der Waals surface area contributed by atoms with Crippen molar-refractivity contribution in [3.05, 3.63) is 71.3 Å². The van der Waals surface area contributed by atoms with Crippen molar-refractivity contribution >= 4 is 5.97 Å². The molecule has 2 aromatic rings. The summed E-state index contributed by atoms with van der Waals surface area (Å²) in [5.74, 6) is -0.245. The Balaban J connectivity index is 1.73. The molecule has 0 saturated carbocycles. The van der Waals surface area contributed by atoms with E-state index in [9.17, 15) is 4.79 Å². The fourth-order valence-electron chi connectivity index (χ4n) is 2.09. The summed E-state index contributed by atoms with van der Waals surface area (Å²) in [4.78, 5) is 11.8. The van der Waals surface area contributed by atoms with E-state index >= 15 is 0 Å². The summed E-state index contributed by atoms with van der Waals surface area (Å²) in [5, 5.41) is 0. The van der Waals surface area contributed by atoms with Crippen LogP contribution < -0.4 is 0 Å². The van der Waals surface area contributed by atoms with Gasteiger partial charge in [0.25, 0.3) is 0 Å². The lowest BCUT2D eigenvalue weighted by Crippen LogP contribution is -2.22. The maximum atomic E-state index is 11.8. The summed E-state index contributed by atoms with van der Waals surface area (Å²) >= 11 is 0. The van der Waals surface area contributed by atoms with Gasteiger partial charge in [0.05, 0.1) is 5.56 Å². The van der Waals surface area contributed by atoms with Crippen molar-refractivity contribution in [2.24, 2.45) is 0 Å². The number of hydrogen-bond acceptors (Lipinski definition) is 2. The van der Waals surface area contributed by atoms with Crippen LogP contribution in [0.1, 0.15) is 27.6 Å². The molecule has 0 aliphatic heterocycles. The third-order valence-corrected chi connectivity index (χ3v) is 3.07. The number of fused-ring (bicyclic) bond motifs is 1. The van der Waals surface area contributed by atoms with Gasteiger partial charge in [-0.25, -0.2) is 4.79 Å². The monoisotopic (exact) mass is 224 g/mol. The fourth-order valence-corrected chi connectivity index (χ4v) is 2.09. The van der Waals surface area contributed by atoms with Crippen molar-refractivity contribution in [3.63, 3.8) is 0 Å². The van der Waals surface area contributed by atoms with Gasteiger partial charge in [0.15, 0.2) is 0 Å². The average molecular weight is 224 g/mol. The van der Waals surface area contributed by atoms with Gasteiger partial charge < -0.3 is 4.74 Å². The summed E-state index contributed by atoms with van der Waals surface area (Å²) in [7, 11) is 0. The largest absolute Gasteiger partial charge is 0.454 e. The molecule has 0 amide bonds. The van der Waals surface area contributed by atoms with Gasteiger partial charge in [0, 0.05) is 6.42 Å². The van der Waals surface area contributed by atoms with Crippen LogP contribution in [0.3, 0.4) is 0 Å². The van der Waals surface area contributed by atoms with Gasteiger partial charge in [-0.1, -0.05) is 42.5 Å². The zero-order valence-electron chi connectivity index (χ0n) is 9.30. The predicted molar refractivity (Wildman–Crippen MR) is 64.7 cm³/mol. The second-order valence-corrected chi connectivity index (χ2v) is 4.16. The second-order valence-electron chi connectivity index (χ2n) is 4.16. The van der Waals surface area contributed by atoms with Crippen LogP contribution in [0.2, 0.25) is 0 Å². The first kappa shape index (κ1) is 10.1. The number of carbonyl (C=O) groups is 1. The first-order valence-corrected chi connectivity index (χ1v) is 5.68. The van der Waals surface area contributed by atoms with Gasteiger partial charge in [-0.2, -0.15) is 0 Å². The van der Waals surface area contributed by atoms with Crippen LogP contribution in [-0.2, 0) is 11.2 Å². The van der Waals surface area contributed by atoms with Crippen LogP contribution in [0.15, 0.2) is 54.6 Å². The van der Waals surface area contributed by atoms with Crippen molar-refractivity contribution in [2.75, 3.05) is 0 Å². The first-order chi connectivity index (χ1) is 8.34. The Morgan fingerprint density at radius 3 is 2.47 bits per heavy atom. The minimum Gasteiger partial charge on any atom is -0.454 e. The fraction of sp³-hybridized carbons (Fsp3) is 0.133. The molecule has 0 bridgehead atoms. The number of carbonyl (C=O) groups excluding carboxylic acids is 1. The van der Waals surface area contributed by atoms with Crippen LogP contribution >= 0.6 is 0 Å². The molecule has 0 radical (unpaired) electrons. The van der Waals surface area contributed by atoms with E-state index in [1.165, 1.54) is 5.56 Å². The van der Waals surface area contributed by atoms with Gasteiger partial charge in [-0.3, -0.25) is 0 Å². The lowest BCUT2D eigenvalue weighted by molar-refractivity contribution is 0.0242. The molecule has 1 atom stereocenters. The van der Waals surface area contributed by atoms with E-state index in [2.05, 4.69) is 6.07 Å². The molecule has 1 unspecified atom stereocenters. The molecule has 2 aromatic carbocycles. The molecule has 0 aromatic heterocycles. The molecule has 0 N–H and O–H groups in total. The lowest BCUT2D eigenvalue weighted by Gasteiger charge is -2.29. The van der Waals surface area contributed by atoms with Crippen LogP contribution in [-0.4, -0.2) is 5.97 Å². The summed E-state index contributed by atoms with van der Waals surface area (Å²) in [5.41, 5.74) is 3.02. The zero-order valence-corrected chi connectivity index (χ0v) is 9.30. The van der Waals surface area contributed by atoms with Gasteiger partial charge in [-0.15, -0.1) is 0 Å². The molecule has 1 aliphatic rings. The Hall–Kier alpha value is -2.09. The number of rotatable bonds is 2. The molecular formula is C15H12O2. The number of benzene rings is 2. The Labute approximate surface area is 99.9 Å². The molecule has 2 nitrogen and oxygen atoms in total. The summed E-state index contributed by atoms with van der Waals surface area (Å²) in [6.45, 7) is 0. The van der Waals surface area contributed by atoms with Gasteiger partial charge in [-0.05, 0) is 23.3 Å². The highest BCUT2D eigenvalue weighted by Crippen LogP contribution is 2.36. The summed E-state index contributed by atoms with van der Waals surface area (Å²) in [6.07, 6.45) is 0.758. The van der Waals surface area contributed by atoms with Crippen molar-refractivity contribution in [1.29, 1.82) is 0 Å². The topological polar surface area (TPSA) is 26.3 Å². The Morgan fingerprint density at radius 1 is 1.00 bits per heavy atom. The Bertz CT molecular complexity index is 546. The molecular weight excluding hydrogens is 212 g/mol. The van der Waals surface area contributed by atoms with E-state index in [0.717, 1.165) is 12.0 Å². The summed E-state index contributed by atoms with van der Waals surface area (Å²) in [6, 6.07) is 17.2. The van der Waals surface area contributed by atoms with Gasteiger partial charge in [0.1, 0.15) is 6.10 Å². The maximum absolute atomic E-state index is 11.8. The maximum Gasteiger partial charge on any atom is 0.338 e. The zero-order chi connectivity index (χ0) is 11.7. The molecule has 0 spiro atoms. The normalized spacial score (nSPS) is 16.8. The number of hydrogen-bond donors (Lipinski definition) is 0. The van der Waals surface area contributed by atoms with Crippen molar-refractivity contribution < 1.29 is 9.53 Å². The quantitative estimate of drug-likeness (QED) is 0.732.